The third-order valence-electron chi connectivity index (χ3n) is 1.73. The van der Waals surface area contributed by atoms with Gasteiger partial charge >= 0.3 is 6.03 Å². The highest BCUT2D eigenvalue weighted by Crippen LogP contribution is 2.37. The molecule has 2 amide bonds. The summed E-state index contributed by atoms with van der Waals surface area (Å²) in [5, 5.41) is 2.53. The van der Waals surface area contributed by atoms with Crippen LogP contribution in [0.4, 0.5) is 10.5 Å². The minimum Gasteiger partial charge on any atom is -0.351 e. The van der Waals surface area contributed by atoms with Gasteiger partial charge in [-0.25, -0.2) is 14.8 Å². The molecular weight excluding hydrogens is 292 g/mol. The lowest BCUT2D eigenvalue weighted by molar-refractivity contribution is 0.259. The van der Waals surface area contributed by atoms with Crippen molar-refractivity contribution in [3.63, 3.8) is 0 Å². The maximum Gasteiger partial charge on any atom is 0.316 e. The van der Waals surface area contributed by atoms with E-state index < -0.39 is 6.03 Å². The number of hydrogen-bond acceptors (Lipinski definition) is 4. The number of nitrogens with one attached hydrogen (secondary N) is 1. The molecule has 0 radical (unpaired) electrons. The van der Waals surface area contributed by atoms with E-state index in [9.17, 15) is 4.79 Å². The summed E-state index contributed by atoms with van der Waals surface area (Å²) >= 11 is 4.77. The van der Waals surface area contributed by atoms with Gasteiger partial charge in [-0.1, -0.05) is 0 Å². The van der Waals surface area contributed by atoms with Crippen LogP contribution in [0.15, 0.2) is 28.3 Å². The Balaban J connectivity index is 2.44. The number of nitrogens with two attached hydrogens (primary N) is 1. The number of halogens is 1. The molecule has 0 aliphatic carbocycles. The van der Waals surface area contributed by atoms with Gasteiger partial charge in [0.15, 0.2) is 5.82 Å². The lowest BCUT2D eigenvalue weighted by Crippen LogP contribution is -2.19. The zero-order valence-corrected chi connectivity index (χ0v) is 10.4. The summed E-state index contributed by atoms with van der Waals surface area (Å²) in [6.45, 7) is 0. The molecule has 2 aromatic heterocycles. The van der Waals surface area contributed by atoms with Gasteiger partial charge in [0.1, 0.15) is 0 Å². The first kappa shape index (κ1) is 11.0. The molecule has 3 N–H and O–H groups in total. The third kappa shape index (κ3) is 2.37. The van der Waals surface area contributed by atoms with Gasteiger partial charge < -0.3 is 11.1 Å². The first-order valence-electron chi connectivity index (χ1n) is 4.30. The van der Waals surface area contributed by atoms with E-state index in [1.165, 1.54) is 11.3 Å². The van der Waals surface area contributed by atoms with Crippen LogP contribution in [0.3, 0.4) is 0 Å². The van der Waals surface area contributed by atoms with Crippen LogP contribution in [-0.4, -0.2) is 16.0 Å². The Morgan fingerprint density at radius 3 is 2.75 bits per heavy atom. The fourth-order valence-corrected chi connectivity index (χ4v) is 2.67. The molecule has 0 spiro atoms. The average molecular weight is 299 g/mol. The number of hydrogen-bond donors (Lipinski definition) is 2. The van der Waals surface area contributed by atoms with Gasteiger partial charge in [-0.2, -0.15) is 0 Å². The van der Waals surface area contributed by atoms with Gasteiger partial charge in [-0.05, 0) is 28.1 Å². The van der Waals surface area contributed by atoms with E-state index in [4.69, 9.17) is 5.73 Å². The van der Waals surface area contributed by atoms with Gasteiger partial charge in [-0.3, -0.25) is 0 Å². The molecule has 2 heterocycles. The van der Waals surface area contributed by atoms with Crippen molar-refractivity contribution in [2.24, 2.45) is 5.73 Å². The fourth-order valence-electron chi connectivity index (χ4n) is 1.17. The monoisotopic (exact) mass is 298 g/mol. The minimum atomic E-state index is -0.609. The second-order valence-corrected chi connectivity index (χ2v) is 5.29. The minimum absolute atomic E-state index is 0.557. The van der Waals surface area contributed by atoms with Crippen molar-refractivity contribution in [2.45, 2.75) is 0 Å². The number of nitrogens with zero attached hydrogens (tertiary/aromatic N) is 2. The molecule has 0 bridgehead atoms. The van der Waals surface area contributed by atoms with Crippen molar-refractivity contribution in [1.29, 1.82) is 0 Å². The summed E-state index contributed by atoms with van der Waals surface area (Å²) in [6, 6.07) is 2.89. The van der Waals surface area contributed by atoms with Crippen LogP contribution in [0, 0.1) is 0 Å². The topological polar surface area (TPSA) is 80.9 Å². The first-order valence-corrected chi connectivity index (χ1v) is 5.91. The highest BCUT2D eigenvalue weighted by atomic mass is 79.9. The van der Waals surface area contributed by atoms with Crippen molar-refractivity contribution >= 4 is 39.0 Å². The number of anilines is 1. The smallest absolute Gasteiger partial charge is 0.316 e. The fraction of sp³-hybridized carbons (Fsp3) is 0. The van der Waals surface area contributed by atoms with Crippen LogP contribution in [0.1, 0.15) is 0 Å². The van der Waals surface area contributed by atoms with E-state index in [1.807, 2.05) is 0 Å². The largest absolute Gasteiger partial charge is 0.351 e. The lowest BCUT2D eigenvalue weighted by Gasteiger charge is -2.01. The maximum atomic E-state index is 10.8. The van der Waals surface area contributed by atoms with Gasteiger partial charge in [0.2, 0.25) is 0 Å². The number of aromatic nitrogens is 2. The molecule has 2 aromatic rings. The predicted octanol–water partition coefficient (Wildman–Crippen LogP) is 2.46. The number of thiophene rings is 1. The third-order valence-corrected chi connectivity index (χ3v) is 3.36. The molecule has 0 unspecified atom stereocenters. The summed E-state index contributed by atoms with van der Waals surface area (Å²) < 4.78 is 0.874. The van der Waals surface area contributed by atoms with Crippen molar-refractivity contribution in [2.75, 3.05) is 5.32 Å². The number of primary amides is 1. The van der Waals surface area contributed by atoms with Crippen LogP contribution < -0.4 is 11.1 Å². The van der Waals surface area contributed by atoms with Gasteiger partial charge in [-0.15, -0.1) is 11.3 Å². The summed E-state index contributed by atoms with van der Waals surface area (Å²) in [5.41, 5.74) is 5.69. The molecular formula is C9H7BrN4OS. The summed E-state index contributed by atoms with van der Waals surface area (Å²) in [4.78, 5) is 19.8. The van der Waals surface area contributed by atoms with Crippen molar-refractivity contribution < 1.29 is 4.79 Å². The molecule has 82 valence electrons. The highest BCUT2D eigenvalue weighted by molar-refractivity contribution is 9.11. The van der Waals surface area contributed by atoms with E-state index in [0.717, 1.165) is 8.66 Å². The molecule has 0 aliphatic heterocycles. The number of amides is 2. The quantitative estimate of drug-likeness (QED) is 0.893. The summed E-state index contributed by atoms with van der Waals surface area (Å²) in [5.74, 6) is 0.557. The molecule has 0 aromatic carbocycles. The number of urea groups is 1. The van der Waals surface area contributed by atoms with Crippen molar-refractivity contribution in [3.8, 4) is 10.7 Å². The Bertz CT molecular complexity index is 513. The Morgan fingerprint density at radius 2 is 2.12 bits per heavy atom. The zero-order chi connectivity index (χ0) is 11.5. The number of carbonyl (C=O) groups is 1. The molecule has 0 atom stereocenters. The summed E-state index contributed by atoms with van der Waals surface area (Å²) in [7, 11) is 0. The number of rotatable bonds is 2. The van der Waals surface area contributed by atoms with Gasteiger partial charge in [0.25, 0.3) is 0 Å². The van der Waals surface area contributed by atoms with E-state index in [1.54, 1.807) is 24.5 Å². The maximum absolute atomic E-state index is 10.8. The molecule has 0 saturated carbocycles. The van der Waals surface area contributed by atoms with Crippen LogP contribution in [0.2, 0.25) is 0 Å². The standard InChI is InChI=1S/C9H7BrN4OS/c10-6-4-5(14-9(11)15)7(16-6)8-12-2-1-3-13-8/h1-4H,(H3,11,14,15). The number of carbonyl (C=O) groups excluding carboxylic acids is 1. The second kappa shape index (κ2) is 4.58. The van der Waals surface area contributed by atoms with E-state index >= 15 is 0 Å². The molecule has 7 heteroatoms. The van der Waals surface area contributed by atoms with E-state index in [2.05, 4.69) is 31.2 Å². The van der Waals surface area contributed by atoms with Crippen molar-refractivity contribution in [3.05, 3.63) is 28.3 Å². The Hall–Kier alpha value is -1.47. The molecule has 0 aliphatic rings. The molecule has 0 saturated heterocycles. The van der Waals surface area contributed by atoms with Crippen LogP contribution in [0.5, 0.6) is 0 Å². The first-order chi connectivity index (χ1) is 7.66. The van der Waals surface area contributed by atoms with Gasteiger partial charge in [0.05, 0.1) is 14.4 Å². The summed E-state index contributed by atoms with van der Waals surface area (Å²) in [6.07, 6.45) is 3.29. The molecule has 2 rings (SSSR count). The second-order valence-electron chi connectivity index (χ2n) is 2.85. The normalized spacial score (nSPS) is 10.1. The zero-order valence-electron chi connectivity index (χ0n) is 7.98. The van der Waals surface area contributed by atoms with Gasteiger partial charge in [0, 0.05) is 12.4 Å². The Morgan fingerprint density at radius 1 is 1.44 bits per heavy atom. The van der Waals surface area contributed by atoms with Crippen LogP contribution in [-0.2, 0) is 0 Å². The molecule has 16 heavy (non-hydrogen) atoms. The van der Waals surface area contributed by atoms with Crippen LogP contribution in [0.25, 0.3) is 10.7 Å². The SMILES string of the molecule is NC(=O)Nc1cc(Br)sc1-c1ncccn1. The van der Waals surface area contributed by atoms with Crippen LogP contribution >= 0.6 is 27.3 Å². The average Bonchev–Trinajstić information content (AvgIpc) is 2.60. The predicted molar refractivity (Wildman–Crippen MR) is 66.3 cm³/mol. The Kier molecular flexibility index (Phi) is 3.16. The van der Waals surface area contributed by atoms with Crippen molar-refractivity contribution in [1.82, 2.24) is 9.97 Å². The lowest BCUT2D eigenvalue weighted by atomic mass is 10.3. The Labute approximate surface area is 104 Å². The molecule has 0 fully saturated rings. The van der Waals surface area contributed by atoms with E-state index in [-0.39, 0.29) is 0 Å². The highest BCUT2D eigenvalue weighted by Gasteiger charge is 2.13. The van der Waals surface area contributed by atoms with E-state index in [0.29, 0.717) is 11.5 Å². The molecule has 5 nitrogen and oxygen atoms in total.